The van der Waals surface area contributed by atoms with Crippen LogP contribution in [0.4, 0.5) is 0 Å². The zero-order valence-corrected chi connectivity index (χ0v) is 13.1. The molecule has 2 atom stereocenters. The minimum atomic E-state index is -0.566. The van der Waals surface area contributed by atoms with Gasteiger partial charge < -0.3 is 4.90 Å². The third-order valence-corrected chi connectivity index (χ3v) is 4.19. The van der Waals surface area contributed by atoms with Gasteiger partial charge in [0.05, 0.1) is 18.5 Å². The van der Waals surface area contributed by atoms with Crippen LogP contribution in [-0.2, 0) is 14.4 Å². The molecule has 0 spiro atoms. The minimum Gasteiger partial charge on any atom is -0.341 e. The Morgan fingerprint density at radius 3 is 2.29 bits per heavy atom. The van der Waals surface area contributed by atoms with Crippen molar-refractivity contribution in [1.82, 2.24) is 15.1 Å². The molecule has 0 saturated carbocycles. The number of piperidine rings is 1. The predicted octanol–water partition coefficient (Wildman–Crippen LogP) is 0.513. The number of likely N-dealkylation sites (tertiary alicyclic amines) is 2. The monoisotopic (exact) mass is 295 g/mol. The third-order valence-electron chi connectivity index (χ3n) is 4.19. The molecular formula is C15H25N3O3. The molecule has 2 aliphatic heterocycles. The molecule has 3 amide bonds. The van der Waals surface area contributed by atoms with Gasteiger partial charge in [-0.05, 0) is 40.0 Å². The Hall–Kier alpha value is -1.43. The van der Waals surface area contributed by atoms with E-state index in [1.807, 2.05) is 18.7 Å². The normalized spacial score (nSPS) is 24.9. The first-order valence-electron chi connectivity index (χ1n) is 7.82. The van der Waals surface area contributed by atoms with Crippen LogP contribution in [0.2, 0.25) is 0 Å². The second kappa shape index (κ2) is 6.56. The van der Waals surface area contributed by atoms with Crippen molar-refractivity contribution in [2.45, 2.75) is 64.6 Å². The van der Waals surface area contributed by atoms with Gasteiger partial charge in [-0.1, -0.05) is 0 Å². The first-order valence-corrected chi connectivity index (χ1v) is 7.82. The van der Waals surface area contributed by atoms with E-state index < -0.39 is 12.1 Å². The summed E-state index contributed by atoms with van der Waals surface area (Å²) in [6.45, 7) is 6.99. The van der Waals surface area contributed by atoms with E-state index in [1.165, 1.54) is 11.3 Å². The molecule has 0 aromatic rings. The van der Waals surface area contributed by atoms with E-state index in [4.69, 9.17) is 0 Å². The van der Waals surface area contributed by atoms with E-state index in [1.54, 1.807) is 6.92 Å². The van der Waals surface area contributed by atoms with E-state index >= 15 is 0 Å². The molecular weight excluding hydrogens is 270 g/mol. The highest BCUT2D eigenvalue weighted by molar-refractivity contribution is 6.06. The predicted molar refractivity (Wildman–Crippen MR) is 78.4 cm³/mol. The molecule has 2 fully saturated rings. The fraction of sp³-hybridized carbons (Fsp3) is 0.800. The molecule has 0 bridgehead atoms. The van der Waals surface area contributed by atoms with E-state index in [2.05, 4.69) is 5.32 Å². The molecule has 1 N–H and O–H groups in total. The Bertz CT molecular complexity index is 430. The Kier molecular flexibility index (Phi) is 4.98. The van der Waals surface area contributed by atoms with Crippen molar-refractivity contribution in [2.75, 3.05) is 13.1 Å². The van der Waals surface area contributed by atoms with Crippen molar-refractivity contribution in [2.24, 2.45) is 0 Å². The highest BCUT2D eigenvalue weighted by Crippen LogP contribution is 2.17. The van der Waals surface area contributed by atoms with Crippen LogP contribution in [-0.4, -0.2) is 58.7 Å². The van der Waals surface area contributed by atoms with Gasteiger partial charge in [0.15, 0.2) is 0 Å². The number of carbonyl (C=O) groups is 3. The molecule has 0 aromatic carbocycles. The molecule has 21 heavy (non-hydrogen) atoms. The first-order chi connectivity index (χ1) is 9.91. The summed E-state index contributed by atoms with van der Waals surface area (Å²) in [4.78, 5) is 39.5. The van der Waals surface area contributed by atoms with E-state index in [9.17, 15) is 14.4 Å². The maximum Gasteiger partial charge on any atom is 0.247 e. The van der Waals surface area contributed by atoms with Crippen molar-refractivity contribution in [1.29, 1.82) is 0 Å². The largest absolute Gasteiger partial charge is 0.341 e. The SMILES string of the molecule is CC(NC1CC(=O)N(C(C)C)C1=O)C(=O)N1CCCCC1. The van der Waals surface area contributed by atoms with E-state index in [0.717, 1.165) is 25.9 Å². The minimum absolute atomic E-state index is 0.0259. The second-order valence-corrected chi connectivity index (χ2v) is 6.23. The Morgan fingerprint density at radius 2 is 1.76 bits per heavy atom. The summed E-state index contributed by atoms with van der Waals surface area (Å²) in [6.07, 6.45) is 3.40. The maximum atomic E-state index is 12.3. The van der Waals surface area contributed by atoms with Gasteiger partial charge in [0.1, 0.15) is 0 Å². The molecule has 2 unspecified atom stereocenters. The summed E-state index contributed by atoms with van der Waals surface area (Å²) >= 11 is 0. The molecule has 6 nitrogen and oxygen atoms in total. The van der Waals surface area contributed by atoms with Crippen molar-refractivity contribution >= 4 is 17.7 Å². The quantitative estimate of drug-likeness (QED) is 0.767. The van der Waals surface area contributed by atoms with Gasteiger partial charge in [0.2, 0.25) is 17.7 Å². The molecule has 2 heterocycles. The summed E-state index contributed by atoms with van der Waals surface area (Å²) in [6, 6.07) is -1.13. The lowest BCUT2D eigenvalue weighted by atomic mass is 10.1. The molecule has 2 rings (SSSR count). The molecule has 6 heteroatoms. The Balaban J connectivity index is 1.93. The fourth-order valence-electron chi connectivity index (χ4n) is 3.08. The van der Waals surface area contributed by atoms with Crippen LogP contribution in [0.25, 0.3) is 0 Å². The fourth-order valence-corrected chi connectivity index (χ4v) is 3.08. The zero-order chi connectivity index (χ0) is 15.6. The molecule has 0 radical (unpaired) electrons. The van der Waals surface area contributed by atoms with Gasteiger partial charge in [-0.25, -0.2) is 0 Å². The molecule has 0 aromatic heterocycles. The van der Waals surface area contributed by atoms with Crippen molar-refractivity contribution < 1.29 is 14.4 Å². The second-order valence-electron chi connectivity index (χ2n) is 6.23. The van der Waals surface area contributed by atoms with E-state index in [0.29, 0.717) is 0 Å². The Labute approximate surface area is 125 Å². The molecule has 118 valence electrons. The van der Waals surface area contributed by atoms with Crippen LogP contribution in [0.1, 0.15) is 46.5 Å². The lowest BCUT2D eigenvalue weighted by Gasteiger charge is -2.30. The van der Waals surface area contributed by atoms with Crippen LogP contribution in [0.15, 0.2) is 0 Å². The van der Waals surface area contributed by atoms with Crippen LogP contribution in [0.3, 0.4) is 0 Å². The number of imide groups is 1. The summed E-state index contributed by atoms with van der Waals surface area (Å²) < 4.78 is 0. The highest BCUT2D eigenvalue weighted by Gasteiger charge is 2.41. The number of carbonyl (C=O) groups excluding carboxylic acids is 3. The van der Waals surface area contributed by atoms with E-state index in [-0.39, 0.29) is 30.2 Å². The van der Waals surface area contributed by atoms with Gasteiger partial charge >= 0.3 is 0 Å². The van der Waals surface area contributed by atoms with Gasteiger partial charge in [-0.3, -0.25) is 24.6 Å². The van der Waals surface area contributed by atoms with Gasteiger partial charge in [-0.2, -0.15) is 0 Å². The van der Waals surface area contributed by atoms with Gasteiger partial charge in [0.25, 0.3) is 0 Å². The van der Waals surface area contributed by atoms with Crippen LogP contribution in [0, 0.1) is 0 Å². The van der Waals surface area contributed by atoms with Crippen LogP contribution in [0.5, 0.6) is 0 Å². The number of nitrogens with zero attached hydrogens (tertiary/aromatic N) is 2. The average Bonchev–Trinajstić information content (AvgIpc) is 2.73. The van der Waals surface area contributed by atoms with Crippen molar-refractivity contribution in [3.63, 3.8) is 0 Å². The number of nitrogens with one attached hydrogen (secondary N) is 1. The molecule has 0 aliphatic carbocycles. The van der Waals surface area contributed by atoms with Gasteiger partial charge in [-0.15, -0.1) is 0 Å². The van der Waals surface area contributed by atoms with Crippen LogP contribution < -0.4 is 5.32 Å². The highest BCUT2D eigenvalue weighted by atomic mass is 16.2. The maximum absolute atomic E-state index is 12.3. The smallest absolute Gasteiger partial charge is 0.247 e. The standard InChI is InChI=1S/C15H25N3O3/c1-10(2)18-13(19)9-12(15(18)21)16-11(3)14(20)17-7-5-4-6-8-17/h10-12,16H,4-9H2,1-3H3. The lowest BCUT2D eigenvalue weighted by molar-refractivity contribution is -0.140. The zero-order valence-electron chi connectivity index (χ0n) is 13.1. The summed E-state index contributed by atoms with van der Waals surface area (Å²) in [5.74, 6) is -0.351. The van der Waals surface area contributed by atoms with Crippen LogP contribution >= 0.6 is 0 Å². The lowest BCUT2D eigenvalue weighted by Crippen LogP contribution is -2.51. The molecule has 2 aliphatic rings. The number of hydrogen-bond acceptors (Lipinski definition) is 4. The number of amides is 3. The average molecular weight is 295 g/mol. The van der Waals surface area contributed by atoms with Crippen molar-refractivity contribution in [3.8, 4) is 0 Å². The number of hydrogen-bond donors (Lipinski definition) is 1. The first kappa shape index (κ1) is 15.9. The Morgan fingerprint density at radius 1 is 1.14 bits per heavy atom. The summed E-state index contributed by atoms with van der Waals surface area (Å²) in [5, 5.41) is 3.04. The topological polar surface area (TPSA) is 69.7 Å². The van der Waals surface area contributed by atoms with Gasteiger partial charge in [0, 0.05) is 19.1 Å². The third kappa shape index (κ3) is 3.43. The number of rotatable bonds is 4. The summed E-state index contributed by atoms with van der Waals surface area (Å²) in [5.41, 5.74) is 0. The summed E-state index contributed by atoms with van der Waals surface area (Å²) in [7, 11) is 0. The molecule has 2 saturated heterocycles. The van der Waals surface area contributed by atoms with Crippen molar-refractivity contribution in [3.05, 3.63) is 0 Å².